The van der Waals surface area contributed by atoms with E-state index in [2.05, 4.69) is 10.3 Å². The lowest BCUT2D eigenvalue weighted by molar-refractivity contribution is -0.00302. The molecule has 1 aliphatic heterocycles. The molecule has 1 N–H and O–H groups in total. The number of halogens is 1. The van der Waals surface area contributed by atoms with Gasteiger partial charge in [-0.05, 0) is 31.0 Å². The van der Waals surface area contributed by atoms with Crippen LogP contribution in [-0.2, 0) is 11.8 Å². The van der Waals surface area contributed by atoms with Crippen LogP contribution in [0.15, 0.2) is 30.7 Å². The van der Waals surface area contributed by atoms with E-state index in [1.165, 1.54) is 19.2 Å². The number of carbonyl (C=O) groups is 1. The first-order chi connectivity index (χ1) is 11.6. The molecule has 1 aromatic heterocycles. The Balaban J connectivity index is 1.66. The molecular formula is C17H20FN3O3. The average Bonchev–Trinajstić information content (AvgIpc) is 3.01. The Kier molecular flexibility index (Phi) is 4.80. The molecule has 0 saturated carbocycles. The number of amides is 1. The molecule has 0 spiro atoms. The summed E-state index contributed by atoms with van der Waals surface area (Å²) in [5.41, 5.74) is 1.25. The van der Waals surface area contributed by atoms with Gasteiger partial charge in [-0.15, -0.1) is 0 Å². The molecule has 0 unspecified atom stereocenters. The highest BCUT2D eigenvalue weighted by Crippen LogP contribution is 2.28. The first-order valence-electron chi connectivity index (χ1n) is 7.80. The van der Waals surface area contributed by atoms with E-state index in [1.807, 2.05) is 11.6 Å². The number of hydrogen-bond acceptors (Lipinski definition) is 4. The zero-order chi connectivity index (χ0) is 17.1. The van der Waals surface area contributed by atoms with E-state index in [9.17, 15) is 9.18 Å². The van der Waals surface area contributed by atoms with Crippen LogP contribution in [0.3, 0.4) is 0 Å². The lowest BCUT2D eigenvalue weighted by atomic mass is 10.0. The number of benzene rings is 1. The van der Waals surface area contributed by atoms with E-state index >= 15 is 0 Å². The van der Waals surface area contributed by atoms with Crippen molar-refractivity contribution in [2.45, 2.75) is 25.0 Å². The first-order valence-corrected chi connectivity index (χ1v) is 7.80. The van der Waals surface area contributed by atoms with Crippen LogP contribution in [0.25, 0.3) is 0 Å². The Morgan fingerprint density at radius 3 is 3.00 bits per heavy atom. The van der Waals surface area contributed by atoms with Crippen molar-refractivity contribution in [3.05, 3.63) is 47.8 Å². The average molecular weight is 333 g/mol. The number of methoxy groups -OCH3 is 1. The predicted octanol–water partition coefficient (Wildman–Crippen LogP) is 2.22. The van der Waals surface area contributed by atoms with Crippen LogP contribution < -0.4 is 10.1 Å². The fraction of sp³-hybridized carbons (Fsp3) is 0.412. The topological polar surface area (TPSA) is 65.4 Å². The molecule has 1 amide bonds. The van der Waals surface area contributed by atoms with Crippen LogP contribution in [0, 0.1) is 5.82 Å². The maximum absolute atomic E-state index is 13.7. The van der Waals surface area contributed by atoms with E-state index in [1.54, 1.807) is 18.6 Å². The van der Waals surface area contributed by atoms with Crippen molar-refractivity contribution >= 4 is 5.91 Å². The quantitative estimate of drug-likeness (QED) is 0.932. The van der Waals surface area contributed by atoms with Crippen molar-refractivity contribution in [3.8, 4) is 5.75 Å². The third-order valence-electron chi connectivity index (χ3n) is 4.22. The Morgan fingerprint density at radius 2 is 2.33 bits per heavy atom. The molecule has 3 rings (SSSR count). The molecule has 2 heterocycles. The molecule has 1 aliphatic rings. The number of rotatable bonds is 4. The highest BCUT2D eigenvalue weighted by atomic mass is 19.1. The summed E-state index contributed by atoms with van der Waals surface area (Å²) < 4.78 is 26.3. The second-order valence-corrected chi connectivity index (χ2v) is 5.83. The van der Waals surface area contributed by atoms with E-state index in [0.29, 0.717) is 13.0 Å². The van der Waals surface area contributed by atoms with Crippen molar-refractivity contribution in [1.29, 1.82) is 0 Å². The zero-order valence-corrected chi connectivity index (χ0v) is 13.7. The lowest BCUT2D eigenvalue weighted by Gasteiger charge is -2.30. The number of ether oxygens (including phenoxy) is 2. The van der Waals surface area contributed by atoms with E-state index in [-0.39, 0.29) is 29.4 Å². The Hall–Kier alpha value is -2.41. The molecule has 2 atom stereocenters. The van der Waals surface area contributed by atoms with Crippen molar-refractivity contribution < 1.29 is 18.7 Å². The van der Waals surface area contributed by atoms with Gasteiger partial charge in [-0.3, -0.25) is 4.79 Å². The number of nitrogens with zero attached hydrogens (tertiary/aromatic N) is 2. The normalized spacial score (nSPS) is 20.6. The number of nitrogens with one attached hydrogen (secondary N) is 1. The maximum atomic E-state index is 13.7. The van der Waals surface area contributed by atoms with Crippen molar-refractivity contribution in [1.82, 2.24) is 14.9 Å². The summed E-state index contributed by atoms with van der Waals surface area (Å²) in [7, 11) is 3.30. The summed E-state index contributed by atoms with van der Waals surface area (Å²) >= 11 is 0. The minimum absolute atomic E-state index is 0.0312. The SMILES string of the molecule is COc1ccc(C(=O)N[C@H]2CCO[C@H](c3cncn3C)C2)cc1F. The lowest BCUT2D eigenvalue weighted by Crippen LogP contribution is -2.40. The van der Waals surface area contributed by atoms with Crippen molar-refractivity contribution in [3.63, 3.8) is 0 Å². The molecule has 0 radical (unpaired) electrons. The summed E-state index contributed by atoms with van der Waals surface area (Å²) in [4.78, 5) is 16.4. The van der Waals surface area contributed by atoms with Crippen molar-refractivity contribution in [2.75, 3.05) is 13.7 Å². The molecule has 128 valence electrons. The van der Waals surface area contributed by atoms with Crippen LogP contribution in [0.2, 0.25) is 0 Å². The smallest absolute Gasteiger partial charge is 0.251 e. The van der Waals surface area contributed by atoms with Gasteiger partial charge in [-0.1, -0.05) is 0 Å². The summed E-state index contributed by atoms with van der Waals surface area (Å²) in [5, 5.41) is 2.96. The Morgan fingerprint density at radius 1 is 1.50 bits per heavy atom. The molecule has 7 heteroatoms. The molecule has 2 aromatic rings. The van der Waals surface area contributed by atoms with Gasteiger partial charge >= 0.3 is 0 Å². The fourth-order valence-corrected chi connectivity index (χ4v) is 2.89. The molecule has 1 aromatic carbocycles. The molecule has 0 aliphatic carbocycles. The van der Waals surface area contributed by atoms with Gasteiger partial charge in [0.2, 0.25) is 0 Å². The number of aromatic nitrogens is 2. The Labute approximate surface area is 139 Å². The fourth-order valence-electron chi connectivity index (χ4n) is 2.89. The van der Waals surface area contributed by atoms with E-state index in [4.69, 9.17) is 9.47 Å². The first kappa shape index (κ1) is 16.4. The maximum Gasteiger partial charge on any atom is 0.251 e. The second-order valence-electron chi connectivity index (χ2n) is 5.83. The van der Waals surface area contributed by atoms with Gasteiger partial charge in [0.25, 0.3) is 5.91 Å². The molecule has 1 saturated heterocycles. The van der Waals surface area contributed by atoms with Crippen LogP contribution in [0.1, 0.15) is 35.0 Å². The summed E-state index contributed by atoms with van der Waals surface area (Å²) in [5.74, 6) is -0.731. The van der Waals surface area contributed by atoms with Crippen molar-refractivity contribution in [2.24, 2.45) is 7.05 Å². The predicted molar refractivity (Wildman–Crippen MR) is 85.3 cm³/mol. The minimum atomic E-state index is -0.551. The molecular weight excluding hydrogens is 313 g/mol. The molecule has 24 heavy (non-hydrogen) atoms. The molecule has 6 nitrogen and oxygen atoms in total. The van der Waals surface area contributed by atoms with E-state index in [0.717, 1.165) is 12.1 Å². The van der Waals surface area contributed by atoms with Gasteiger partial charge in [0.05, 0.1) is 25.3 Å². The summed E-state index contributed by atoms with van der Waals surface area (Å²) in [6.07, 6.45) is 4.77. The zero-order valence-electron chi connectivity index (χ0n) is 13.7. The standard InChI is InChI=1S/C17H20FN3O3/c1-21-10-19-9-14(21)16-8-12(5-6-24-16)20-17(22)11-3-4-15(23-2)13(18)7-11/h3-4,7,9-10,12,16H,5-6,8H2,1-2H3,(H,20,22)/t12-,16-/m0/s1. The van der Waals surface area contributed by atoms with Gasteiger partial charge in [-0.2, -0.15) is 0 Å². The van der Waals surface area contributed by atoms with Crippen LogP contribution in [0.4, 0.5) is 4.39 Å². The third-order valence-corrected chi connectivity index (χ3v) is 4.22. The van der Waals surface area contributed by atoms with Gasteiger partial charge in [0.15, 0.2) is 11.6 Å². The van der Waals surface area contributed by atoms with Gasteiger partial charge in [0, 0.05) is 25.3 Å². The highest BCUT2D eigenvalue weighted by Gasteiger charge is 2.27. The number of aryl methyl sites for hydroxylation is 1. The number of carbonyl (C=O) groups excluding carboxylic acids is 1. The van der Waals surface area contributed by atoms with Gasteiger partial charge < -0.3 is 19.4 Å². The number of imidazole rings is 1. The Bertz CT molecular complexity index is 732. The van der Waals surface area contributed by atoms with Crippen LogP contribution in [-0.4, -0.2) is 35.2 Å². The largest absolute Gasteiger partial charge is 0.494 e. The molecule has 1 fully saturated rings. The van der Waals surface area contributed by atoms with Crippen LogP contribution >= 0.6 is 0 Å². The van der Waals surface area contributed by atoms with Crippen LogP contribution in [0.5, 0.6) is 5.75 Å². The van der Waals surface area contributed by atoms with Gasteiger partial charge in [0.1, 0.15) is 6.10 Å². The highest BCUT2D eigenvalue weighted by molar-refractivity contribution is 5.94. The minimum Gasteiger partial charge on any atom is -0.494 e. The monoisotopic (exact) mass is 333 g/mol. The number of hydrogen-bond donors (Lipinski definition) is 1. The summed E-state index contributed by atoms with van der Waals surface area (Å²) in [6, 6.07) is 4.16. The summed E-state index contributed by atoms with van der Waals surface area (Å²) in [6.45, 7) is 0.553. The molecule has 0 bridgehead atoms. The third kappa shape index (κ3) is 3.41. The second kappa shape index (κ2) is 7.00. The van der Waals surface area contributed by atoms with E-state index < -0.39 is 5.82 Å². The van der Waals surface area contributed by atoms with Gasteiger partial charge in [-0.25, -0.2) is 9.37 Å².